The first-order valence-corrected chi connectivity index (χ1v) is 11.7. The Balaban J connectivity index is 2.67. The minimum Gasteiger partial charge on any atom is -0.467 e. The van der Waals surface area contributed by atoms with E-state index in [2.05, 4.69) is 58.9 Å². The number of rotatable bonds is 11. The number of hydrogen-bond donors (Lipinski definition) is 0. The van der Waals surface area contributed by atoms with Gasteiger partial charge in [0.15, 0.2) is 13.6 Å². The zero-order valence-corrected chi connectivity index (χ0v) is 19.8. The number of aryl methyl sites for hydroxylation is 4. The minimum atomic E-state index is -0.657. The lowest BCUT2D eigenvalue weighted by Gasteiger charge is -2.26. The Hall–Kier alpha value is -1.61. The van der Waals surface area contributed by atoms with Crippen molar-refractivity contribution in [1.82, 2.24) is 0 Å². The molecule has 0 amide bonds. The quantitative estimate of drug-likeness (QED) is 0.375. The summed E-state index contributed by atoms with van der Waals surface area (Å²) in [5.74, 6) is 1.88. The first kappa shape index (κ1) is 23.7. The molecule has 29 heavy (non-hydrogen) atoms. The first-order valence-electron chi connectivity index (χ1n) is 10.2. The third-order valence-electron chi connectivity index (χ3n) is 4.76. The molecule has 0 saturated carbocycles. The Labute approximate surface area is 177 Å². The van der Waals surface area contributed by atoms with Crippen LogP contribution >= 0.6 is 7.92 Å². The van der Waals surface area contributed by atoms with Gasteiger partial charge < -0.3 is 18.9 Å². The summed E-state index contributed by atoms with van der Waals surface area (Å²) in [6, 6.07) is 8.89. The van der Waals surface area contributed by atoms with Gasteiger partial charge >= 0.3 is 0 Å². The van der Waals surface area contributed by atoms with Crippen LogP contribution in [0.2, 0.25) is 0 Å². The van der Waals surface area contributed by atoms with Crippen LogP contribution < -0.4 is 20.1 Å². The zero-order valence-electron chi connectivity index (χ0n) is 18.9. The van der Waals surface area contributed by atoms with E-state index < -0.39 is 7.92 Å². The second kappa shape index (κ2) is 11.5. The molecule has 0 N–H and O–H groups in total. The Morgan fingerprint density at radius 2 is 1.17 bits per heavy atom. The van der Waals surface area contributed by atoms with Crippen LogP contribution in [-0.2, 0) is 9.47 Å². The van der Waals surface area contributed by atoms with Gasteiger partial charge in [-0.15, -0.1) is 0 Å². The molecule has 0 fully saturated rings. The van der Waals surface area contributed by atoms with Gasteiger partial charge in [0, 0.05) is 24.8 Å². The molecule has 0 aliphatic rings. The summed E-state index contributed by atoms with van der Waals surface area (Å²) in [5.41, 5.74) is 4.78. The lowest BCUT2D eigenvalue weighted by Crippen LogP contribution is -2.22. The van der Waals surface area contributed by atoms with Gasteiger partial charge in [0.2, 0.25) is 0 Å². The summed E-state index contributed by atoms with van der Waals surface area (Å²) in [6.45, 7) is 11.2. The van der Waals surface area contributed by atoms with Crippen molar-refractivity contribution < 1.29 is 18.9 Å². The Bertz CT molecular complexity index is 740. The summed E-state index contributed by atoms with van der Waals surface area (Å²) in [7, 11) is 2.66. The fourth-order valence-electron chi connectivity index (χ4n) is 3.56. The highest BCUT2D eigenvalue weighted by molar-refractivity contribution is 7.73. The Kier molecular flexibility index (Phi) is 9.42. The van der Waals surface area contributed by atoms with Crippen LogP contribution in [0.15, 0.2) is 24.3 Å². The van der Waals surface area contributed by atoms with Crippen LogP contribution in [0.5, 0.6) is 11.5 Å². The van der Waals surface area contributed by atoms with Gasteiger partial charge in [-0.1, -0.05) is 25.5 Å². The zero-order chi connectivity index (χ0) is 21.4. The molecular weight excluding hydrogens is 383 g/mol. The van der Waals surface area contributed by atoms with Gasteiger partial charge in [-0.25, -0.2) is 0 Å². The smallest absolute Gasteiger partial charge is 0.188 e. The number of hydrogen-bond acceptors (Lipinski definition) is 4. The molecule has 0 unspecified atom stereocenters. The van der Waals surface area contributed by atoms with Crippen LogP contribution in [0, 0.1) is 27.7 Å². The average molecular weight is 419 g/mol. The fraction of sp³-hybridized carbons (Fsp3) is 0.500. The van der Waals surface area contributed by atoms with Gasteiger partial charge in [-0.2, -0.15) is 0 Å². The molecule has 0 aliphatic heterocycles. The maximum atomic E-state index is 6.06. The maximum Gasteiger partial charge on any atom is 0.188 e. The van der Waals surface area contributed by atoms with Crippen molar-refractivity contribution >= 4 is 18.5 Å². The average Bonchev–Trinajstić information content (AvgIpc) is 2.66. The fourth-order valence-corrected chi connectivity index (χ4v) is 6.63. The second-order valence-electron chi connectivity index (χ2n) is 7.47. The highest BCUT2D eigenvalue weighted by Gasteiger charge is 2.24. The molecule has 0 aliphatic carbocycles. The van der Waals surface area contributed by atoms with Gasteiger partial charge in [0.25, 0.3) is 0 Å². The molecule has 0 atom stereocenters. The summed E-state index contributed by atoms with van der Waals surface area (Å²) >= 11 is 0. The third-order valence-corrected chi connectivity index (χ3v) is 7.35. The number of ether oxygens (including phenoxy) is 4. The lowest BCUT2D eigenvalue weighted by molar-refractivity contribution is 0.0513. The van der Waals surface area contributed by atoms with Crippen molar-refractivity contribution in [2.24, 2.45) is 0 Å². The molecule has 0 spiro atoms. The molecule has 2 aromatic carbocycles. The van der Waals surface area contributed by atoms with Crippen molar-refractivity contribution in [3.05, 3.63) is 46.5 Å². The number of benzene rings is 2. The van der Waals surface area contributed by atoms with Crippen molar-refractivity contribution in [1.29, 1.82) is 0 Å². The molecule has 0 aromatic heterocycles. The first-order chi connectivity index (χ1) is 13.9. The van der Waals surface area contributed by atoms with E-state index in [1.807, 2.05) is 0 Å². The van der Waals surface area contributed by atoms with E-state index in [9.17, 15) is 0 Å². The highest BCUT2D eigenvalue weighted by Crippen LogP contribution is 2.43. The predicted molar refractivity (Wildman–Crippen MR) is 123 cm³/mol. The SMILES string of the molecule is CCCCP(c1cc(C)cc(C)c1OCOC)c1cc(C)cc(C)c1OCOC. The number of unbranched alkanes of at least 4 members (excludes halogenated alkanes) is 1. The Morgan fingerprint density at radius 3 is 1.55 bits per heavy atom. The van der Waals surface area contributed by atoms with Crippen molar-refractivity contribution in [3.8, 4) is 11.5 Å². The second-order valence-corrected chi connectivity index (χ2v) is 9.73. The van der Waals surface area contributed by atoms with Crippen molar-refractivity contribution in [3.63, 3.8) is 0 Å². The van der Waals surface area contributed by atoms with E-state index in [-0.39, 0.29) is 13.6 Å². The van der Waals surface area contributed by atoms with Crippen LogP contribution in [0.25, 0.3) is 0 Å². The molecule has 0 saturated heterocycles. The molecular formula is C24H35O4P. The molecule has 160 valence electrons. The molecule has 2 rings (SSSR count). The lowest BCUT2D eigenvalue weighted by atomic mass is 10.1. The van der Waals surface area contributed by atoms with Crippen LogP contribution in [0.4, 0.5) is 0 Å². The van der Waals surface area contributed by atoms with E-state index >= 15 is 0 Å². The highest BCUT2D eigenvalue weighted by atomic mass is 31.1. The van der Waals surface area contributed by atoms with Crippen molar-refractivity contribution in [2.75, 3.05) is 34.0 Å². The topological polar surface area (TPSA) is 36.9 Å². The largest absolute Gasteiger partial charge is 0.467 e. The van der Waals surface area contributed by atoms with Gasteiger partial charge in [-0.05, 0) is 82.6 Å². The summed E-state index contributed by atoms with van der Waals surface area (Å²) < 4.78 is 22.6. The molecule has 4 nitrogen and oxygen atoms in total. The van der Waals surface area contributed by atoms with Crippen LogP contribution in [-0.4, -0.2) is 34.0 Å². The monoisotopic (exact) mass is 418 g/mol. The summed E-state index contributed by atoms with van der Waals surface area (Å²) in [4.78, 5) is 0. The molecule has 0 bridgehead atoms. The molecule has 0 heterocycles. The van der Waals surface area contributed by atoms with Gasteiger partial charge in [-0.3, -0.25) is 0 Å². The Morgan fingerprint density at radius 1 is 0.724 bits per heavy atom. The van der Waals surface area contributed by atoms with Gasteiger partial charge in [0.05, 0.1) is 0 Å². The third kappa shape index (κ3) is 6.18. The van der Waals surface area contributed by atoms with Crippen molar-refractivity contribution in [2.45, 2.75) is 47.5 Å². The normalized spacial score (nSPS) is 11.2. The standard InChI is InChI=1S/C24H35O4P/c1-8-9-10-29(21-13-17(2)11-19(4)23(21)27-15-25-6)22-14-18(3)12-20(5)24(22)28-16-26-7/h11-14H,8-10,15-16H2,1-7H3. The van der Waals surface area contributed by atoms with E-state index in [1.54, 1.807) is 14.2 Å². The summed E-state index contributed by atoms with van der Waals surface area (Å²) in [6.07, 6.45) is 3.39. The summed E-state index contributed by atoms with van der Waals surface area (Å²) in [5, 5.41) is 2.52. The van der Waals surface area contributed by atoms with E-state index in [0.717, 1.165) is 41.6 Å². The van der Waals surface area contributed by atoms with E-state index in [0.29, 0.717) is 0 Å². The van der Waals surface area contributed by atoms with E-state index in [1.165, 1.54) is 21.7 Å². The van der Waals surface area contributed by atoms with E-state index in [4.69, 9.17) is 18.9 Å². The molecule has 5 heteroatoms. The van der Waals surface area contributed by atoms with Crippen LogP contribution in [0.1, 0.15) is 42.0 Å². The molecule has 2 aromatic rings. The molecule has 0 radical (unpaired) electrons. The van der Waals surface area contributed by atoms with Crippen LogP contribution in [0.3, 0.4) is 0 Å². The minimum absolute atomic E-state index is 0.244. The number of methoxy groups -OCH3 is 2. The maximum absolute atomic E-state index is 6.06. The van der Waals surface area contributed by atoms with Gasteiger partial charge in [0.1, 0.15) is 11.5 Å². The predicted octanol–water partition coefficient (Wildman–Crippen LogP) is 5.12.